The number of amides is 1. The van der Waals surface area contributed by atoms with Crippen LogP contribution >= 0.6 is 11.8 Å². The Morgan fingerprint density at radius 1 is 1.43 bits per heavy atom. The van der Waals surface area contributed by atoms with E-state index < -0.39 is 0 Å². The van der Waals surface area contributed by atoms with Crippen LogP contribution in [0.25, 0.3) is 11.0 Å². The predicted molar refractivity (Wildman–Crippen MR) is 83.8 cm³/mol. The van der Waals surface area contributed by atoms with Crippen molar-refractivity contribution in [1.82, 2.24) is 10.6 Å². The minimum absolute atomic E-state index is 0.0211. The lowest BCUT2D eigenvalue weighted by Crippen LogP contribution is -2.42. The van der Waals surface area contributed by atoms with Crippen molar-refractivity contribution >= 4 is 28.6 Å². The summed E-state index contributed by atoms with van der Waals surface area (Å²) in [6, 6.07) is 7.07. The number of carbonyl (C=O) groups excluding carboxylic acids is 1. The van der Waals surface area contributed by atoms with Gasteiger partial charge in [0.1, 0.15) is 5.58 Å². The van der Waals surface area contributed by atoms with Crippen LogP contribution in [0.2, 0.25) is 0 Å². The summed E-state index contributed by atoms with van der Waals surface area (Å²) >= 11 is 1.60. The van der Waals surface area contributed by atoms with Gasteiger partial charge in [0.05, 0.1) is 11.2 Å². The van der Waals surface area contributed by atoms with Crippen molar-refractivity contribution in [2.24, 2.45) is 0 Å². The number of rotatable bonds is 3. The summed E-state index contributed by atoms with van der Waals surface area (Å²) in [6.45, 7) is 0. The Balaban J connectivity index is 1.59. The number of furan rings is 1. The Morgan fingerprint density at radius 2 is 2.33 bits per heavy atom. The first-order valence-electron chi connectivity index (χ1n) is 7.37. The summed E-state index contributed by atoms with van der Waals surface area (Å²) in [6.07, 6.45) is 7.14. The average Bonchev–Trinajstić information content (AvgIpc) is 3.21. The molecule has 3 heterocycles. The fraction of sp³-hybridized carbons (Fsp3) is 0.438. The van der Waals surface area contributed by atoms with Crippen molar-refractivity contribution in [1.29, 1.82) is 0 Å². The number of nitrogens with one attached hydrogen (secondary N) is 2. The summed E-state index contributed by atoms with van der Waals surface area (Å²) in [4.78, 5) is 13.5. The van der Waals surface area contributed by atoms with Gasteiger partial charge in [-0.2, -0.15) is 0 Å². The molecule has 4 rings (SSSR count). The number of carbonyl (C=O) groups is 1. The summed E-state index contributed by atoms with van der Waals surface area (Å²) < 4.78 is 5.49. The van der Waals surface area contributed by atoms with Gasteiger partial charge < -0.3 is 15.1 Å². The van der Waals surface area contributed by atoms with Gasteiger partial charge in [-0.15, -0.1) is 11.8 Å². The molecule has 2 N–H and O–H groups in total. The molecule has 1 amide bonds. The van der Waals surface area contributed by atoms with E-state index in [0.29, 0.717) is 12.1 Å². The van der Waals surface area contributed by atoms with Crippen LogP contribution in [0.1, 0.15) is 29.6 Å². The normalized spacial score (nSPS) is 27.4. The van der Waals surface area contributed by atoms with Crippen LogP contribution in [0.4, 0.5) is 0 Å². The topological polar surface area (TPSA) is 54.3 Å². The highest BCUT2D eigenvalue weighted by Gasteiger charge is 2.39. The SMILES string of the molecule is CSc1cc(C(=O)N[C@@H]2C[C@H]3CC[C@@H]2N3)cc2ccoc12. The van der Waals surface area contributed by atoms with Crippen LogP contribution in [0.5, 0.6) is 0 Å². The maximum Gasteiger partial charge on any atom is 0.251 e. The molecule has 0 radical (unpaired) electrons. The molecule has 0 aliphatic carbocycles. The third-order valence-corrected chi connectivity index (χ3v) is 5.36. The summed E-state index contributed by atoms with van der Waals surface area (Å²) in [5.41, 5.74) is 1.58. The van der Waals surface area contributed by atoms with Crippen molar-refractivity contribution in [3.05, 3.63) is 30.0 Å². The van der Waals surface area contributed by atoms with Gasteiger partial charge in [0.2, 0.25) is 0 Å². The molecule has 21 heavy (non-hydrogen) atoms. The lowest BCUT2D eigenvalue weighted by atomic mass is 9.95. The third-order valence-electron chi connectivity index (χ3n) is 4.62. The van der Waals surface area contributed by atoms with Gasteiger partial charge in [-0.1, -0.05) is 0 Å². The van der Waals surface area contributed by atoms with Crippen molar-refractivity contribution in [2.45, 2.75) is 42.3 Å². The second kappa shape index (κ2) is 5.07. The second-order valence-corrected chi connectivity index (χ2v) is 6.73. The number of benzene rings is 1. The molecule has 1 aromatic carbocycles. The molecule has 2 aliphatic rings. The first-order chi connectivity index (χ1) is 10.2. The molecule has 0 unspecified atom stereocenters. The zero-order valence-electron chi connectivity index (χ0n) is 11.9. The average molecular weight is 302 g/mol. The predicted octanol–water partition coefficient (Wildman–Crippen LogP) is 2.78. The van der Waals surface area contributed by atoms with Crippen molar-refractivity contribution in [2.75, 3.05) is 6.26 Å². The molecular weight excluding hydrogens is 284 g/mol. The monoisotopic (exact) mass is 302 g/mol. The van der Waals surface area contributed by atoms with Crippen LogP contribution < -0.4 is 10.6 Å². The Bertz CT molecular complexity index is 697. The third kappa shape index (κ3) is 2.24. The number of hydrogen-bond acceptors (Lipinski definition) is 4. The Morgan fingerprint density at radius 3 is 3.05 bits per heavy atom. The van der Waals surface area contributed by atoms with Crippen LogP contribution in [0.3, 0.4) is 0 Å². The number of fused-ring (bicyclic) bond motifs is 3. The summed E-state index contributed by atoms with van der Waals surface area (Å²) in [5, 5.41) is 7.73. The summed E-state index contributed by atoms with van der Waals surface area (Å²) in [5.74, 6) is 0.0211. The quantitative estimate of drug-likeness (QED) is 0.856. The summed E-state index contributed by atoms with van der Waals surface area (Å²) in [7, 11) is 0. The maximum atomic E-state index is 12.5. The molecule has 2 aliphatic heterocycles. The molecule has 2 aromatic rings. The maximum absolute atomic E-state index is 12.5. The van der Waals surface area contributed by atoms with E-state index in [1.807, 2.05) is 24.5 Å². The van der Waals surface area contributed by atoms with Crippen LogP contribution in [0, 0.1) is 0 Å². The fourth-order valence-corrected chi connectivity index (χ4v) is 4.16. The highest BCUT2D eigenvalue weighted by atomic mass is 32.2. The first kappa shape index (κ1) is 13.2. The highest BCUT2D eigenvalue weighted by molar-refractivity contribution is 7.98. The highest BCUT2D eigenvalue weighted by Crippen LogP contribution is 2.30. The van der Waals surface area contributed by atoms with E-state index in [-0.39, 0.29) is 11.9 Å². The van der Waals surface area contributed by atoms with Gasteiger partial charge in [0, 0.05) is 29.1 Å². The van der Waals surface area contributed by atoms with Gasteiger partial charge in [-0.3, -0.25) is 4.79 Å². The largest absolute Gasteiger partial charge is 0.463 e. The molecule has 2 fully saturated rings. The van der Waals surface area contributed by atoms with Gasteiger partial charge >= 0.3 is 0 Å². The van der Waals surface area contributed by atoms with Crippen molar-refractivity contribution in [3.8, 4) is 0 Å². The van der Waals surface area contributed by atoms with Crippen molar-refractivity contribution in [3.63, 3.8) is 0 Å². The van der Waals surface area contributed by atoms with Crippen LogP contribution in [0.15, 0.2) is 33.8 Å². The molecule has 110 valence electrons. The van der Waals surface area contributed by atoms with E-state index >= 15 is 0 Å². The Hall–Kier alpha value is -1.46. The number of thioether (sulfide) groups is 1. The number of hydrogen-bond donors (Lipinski definition) is 2. The van der Waals surface area contributed by atoms with E-state index in [2.05, 4.69) is 10.6 Å². The van der Waals surface area contributed by atoms with Gasteiger partial charge in [0.15, 0.2) is 0 Å². The Labute approximate surface area is 127 Å². The molecule has 0 saturated carbocycles. The van der Waals surface area contributed by atoms with Crippen LogP contribution in [-0.2, 0) is 0 Å². The lowest BCUT2D eigenvalue weighted by Gasteiger charge is -2.21. The second-order valence-electron chi connectivity index (χ2n) is 5.88. The first-order valence-corrected chi connectivity index (χ1v) is 8.59. The lowest BCUT2D eigenvalue weighted by molar-refractivity contribution is 0.0931. The smallest absolute Gasteiger partial charge is 0.251 e. The zero-order valence-corrected chi connectivity index (χ0v) is 12.7. The minimum atomic E-state index is 0.0211. The fourth-order valence-electron chi connectivity index (χ4n) is 3.57. The van der Waals surface area contributed by atoms with Gasteiger partial charge in [-0.05, 0) is 43.7 Å². The van der Waals surface area contributed by atoms with E-state index in [9.17, 15) is 4.79 Å². The minimum Gasteiger partial charge on any atom is -0.463 e. The molecular formula is C16H18N2O2S. The van der Waals surface area contributed by atoms with Gasteiger partial charge in [0.25, 0.3) is 5.91 Å². The van der Waals surface area contributed by atoms with E-state index in [0.717, 1.165) is 27.8 Å². The molecule has 5 heteroatoms. The molecule has 3 atom stereocenters. The standard InChI is InChI=1S/C16H18N2O2S/c1-21-14-7-10(6-9-4-5-20-15(9)14)16(19)18-13-8-11-2-3-12(13)17-11/h4-7,11-13,17H,2-3,8H2,1H3,(H,18,19)/t11-,12+,13-/m1/s1. The van der Waals surface area contributed by atoms with E-state index in [1.165, 1.54) is 12.8 Å². The molecule has 2 bridgehead atoms. The molecule has 2 saturated heterocycles. The molecule has 0 spiro atoms. The molecule has 4 nitrogen and oxygen atoms in total. The van der Waals surface area contributed by atoms with E-state index in [4.69, 9.17) is 4.42 Å². The van der Waals surface area contributed by atoms with Crippen LogP contribution in [-0.4, -0.2) is 30.3 Å². The zero-order chi connectivity index (χ0) is 14.4. The van der Waals surface area contributed by atoms with E-state index in [1.54, 1.807) is 18.0 Å². The van der Waals surface area contributed by atoms with Crippen molar-refractivity contribution < 1.29 is 9.21 Å². The molecule has 1 aromatic heterocycles. The van der Waals surface area contributed by atoms with Gasteiger partial charge in [-0.25, -0.2) is 0 Å². The Kier molecular flexibility index (Phi) is 3.19.